The minimum Gasteiger partial charge on any atom is -0.392 e. The Labute approximate surface area is 153 Å². The summed E-state index contributed by atoms with van der Waals surface area (Å²) in [6.45, 7) is 21.6. The Morgan fingerprint density at radius 3 is 2.14 bits per heavy atom. The summed E-state index contributed by atoms with van der Waals surface area (Å²) in [5, 5.41) is 0.188. The maximum Gasteiger partial charge on any atom is 0.195 e. The first-order valence-electron chi connectivity index (χ1n) is 8.05. The first-order valence-corrected chi connectivity index (χ1v) is 12.5. The van der Waals surface area contributed by atoms with Crippen LogP contribution in [0.3, 0.4) is 0 Å². The third-order valence-corrected chi connectivity index (χ3v) is 9.57. The second-order valence-electron chi connectivity index (χ2n) is 7.92. The van der Waals surface area contributed by atoms with Crippen LogP contribution in [0.5, 0.6) is 0 Å². The standard InChI is InChI=1S/C18H35IO2Si/c1-10-18(7,13-11-12-15(2)3)20-16(14-19)21-22(8,9)17(4,5)6/h10,12,16H,1,11,13-14H2,2-9H3/t16-,18?/m1/s1. The highest BCUT2D eigenvalue weighted by Crippen LogP contribution is 2.38. The molecule has 0 N–H and O–H groups in total. The molecule has 0 aromatic rings. The average molecular weight is 438 g/mol. The molecule has 0 radical (unpaired) electrons. The van der Waals surface area contributed by atoms with Gasteiger partial charge in [0.25, 0.3) is 0 Å². The van der Waals surface area contributed by atoms with Crippen molar-refractivity contribution >= 4 is 30.9 Å². The summed E-state index contributed by atoms with van der Waals surface area (Å²) in [5.74, 6) is 0. The molecule has 0 aromatic carbocycles. The zero-order valence-corrected chi connectivity index (χ0v) is 18.9. The summed E-state index contributed by atoms with van der Waals surface area (Å²) in [6.07, 6.45) is 5.92. The molecule has 0 rings (SSSR count). The normalized spacial score (nSPS) is 16.8. The molecule has 0 saturated carbocycles. The highest BCUT2D eigenvalue weighted by atomic mass is 127. The lowest BCUT2D eigenvalue weighted by molar-refractivity contribution is -0.139. The maximum atomic E-state index is 6.42. The smallest absolute Gasteiger partial charge is 0.195 e. The third-order valence-electron chi connectivity index (χ3n) is 4.38. The van der Waals surface area contributed by atoms with Crippen LogP contribution in [0.15, 0.2) is 24.3 Å². The van der Waals surface area contributed by atoms with Crippen LogP contribution < -0.4 is 0 Å². The van der Waals surface area contributed by atoms with Gasteiger partial charge in [-0.1, -0.05) is 61.1 Å². The lowest BCUT2D eigenvalue weighted by atomic mass is 9.99. The van der Waals surface area contributed by atoms with Gasteiger partial charge in [-0.2, -0.15) is 0 Å². The first-order chi connectivity index (χ1) is 9.87. The van der Waals surface area contributed by atoms with Gasteiger partial charge in [-0.25, -0.2) is 0 Å². The van der Waals surface area contributed by atoms with E-state index < -0.39 is 8.32 Å². The van der Waals surface area contributed by atoms with Crippen LogP contribution in [0.1, 0.15) is 54.4 Å². The van der Waals surface area contributed by atoms with Crippen LogP contribution in [-0.4, -0.2) is 24.6 Å². The van der Waals surface area contributed by atoms with Crippen molar-refractivity contribution in [2.75, 3.05) is 4.43 Å². The summed E-state index contributed by atoms with van der Waals surface area (Å²) in [6, 6.07) is 0. The minimum atomic E-state index is -1.83. The Morgan fingerprint density at radius 1 is 1.23 bits per heavy atom. The van der Waals surface area contributed by atoms with Gasteiger partial charge in [0.05, 0.1) is 5.60 Å². The summed E-state index contributed by atoms with van der Waals surface area (Å²) in [5.41, 5.74) is 0.999. The topological polar surface area (TPSA) is 18.5 Å². The lowest BCUT2D eigenvalue weighted by Crippen LogP contribution is -2.47. The molecule has 0 spiro atoms. The Morgan fingerprint density at radius 2 is 1.77 bits per heavy atom. The van der Waals surface area contributed by atoms with Gasteiger partial charge in [-0.3, -0.25) is 0 Å². The minimum absolute atomic E-state index is 0.170. The van der Waals surface area contributed by atoms with E-state index in [-0.39, 0.29) is 16.9 Å². The lowest BCUT2D eigenvalue weighted by Gasteiger charge is -2.41. The number of halogens is 1. The predicted octanol–water partition coefficient (Wildman–Crippen LogP) is 6.48. The van der Waals surface area contributed by atoms with E-state index >= 15 is 0 Å². The van der Waals surface area contributed by atoms with E-state index in [0.717, 1.165) is 17.3 Å². The maximum absolute atomic E-state index is 6.42. The van der Waals surface area contributed by atoms with Crippen LogP contribution in [0.4, 0.5) is 0 Å². The van der Waals surface area contributed by atoms with Gasteiger partial charge in [0.15, 0.2) is 14.6 Å². The van der Waals surface area contributed by atoms with E-state index in [0.29, 0.717) is 0 Å². The van der Waals surface area contributed by atoms with Crippen molar-refractivity contribution in [3.8, 4) is 0 Å². The molecular formula is C18H35IO2Si. The number of ether oxygens (including phenoxy) is 1. The van der Waals surface area contributed by atoms with Crippen LogP contribution in [0, 0.1) is 0 Å². The highest BCUT2D eigenvalue weighted by molar-refractivity contribution is 14.1. The Kier molecular flexibility index (Phi) is 9.14. The molecule has 0 bridgehead atoms. The van der Waals surface area contributed by atoms with Gasteiger partial charge >= 0.3 is 0 Å². The van der Waals surface area contributed by atoms with Crippen molar-refractivity contribution in [3.05, 3.63) is 24.3 Å². The highest BCUT2D eigenvalue weighted by Gasteiger charge is 2.40. The number of hydrogen-bond donors (Lipinski definition) is 0. The van der Waals surface area contributed by atoms with Gasteiger partial charge in [0.2, 0.25) is 0 Å². The second-order valence-corrected chi connectivity index (χ2v) is 13.6. The Balaban J connectivity index is 4.88. The van der Waals surface area contributed by atoms with Crippen molar-refractivity contribution in [2.24, 2.45) is 0 Å². The molecule has 1 unspecified atom stereocenters. The average Bonchev–Trinajstić information content (AvgIpc) is 2.35. The van der Waals surface area contributed by atoms with E-state index in [2.05, 4.69) is 89.9 Å². The first kappa shape index (κ1) is 22.3. The number of hydrogen-bond acceptors (Lipinski definition) is 2. The third kappa shape index (κ3) is 7.75. The van der Waals surface area contributed by atoms with E-state index in [4.69, 9.17) is 9.16 Å². The van der Waals surface area contributed by atoms with E-state index in [9.17, 15) is 0 Å². The fraction of sp³-hybridized carbons (Fsp3) is 0.778. The molecule has 0 saturated heterocycles. The monoisotopic (exact) mass is 438 g/mol. The second kappa shape index (κ2) is 8.99. The fourth-order valence-electron chi connectivity index (χ4n) is 1.75. The van der Waals surface area contributed by atoms with Crippen molar-refractivity contribution in [2.45, 2.75) is 84.4 Å². The van der Waals surface area contributed by atoms with Crippen molar-refractivity contribution in [3.63, 3.8) is 0 Å². The summed E-state index contributed by atoms with van der Waals surface area (Å²) in [7, 11) is -1.83. The summed E-state index contributed by atoms with van der Waals surface area (Å²) >= 11 is 2.35. The number of allylic oxidation sites excluding steroid dienone is 2. The molecule has 0 aliphatic rings. The van der Waals surface area contributed by atoms with Crippen LogP contribution in [-0.2, 0) is 9.16 Å². The van der Waals surface area contributed by atoms with E-state index in [1.165, 1.54) is 5.57 Å². The molecule has 0 fully saturated rings. The van der Waals surface area contributed by atoms with Crippen molar-refractivity contribution in [1.29, 1.82) is 0 Å². The molecule has 2 atom stereocenters. The molecule has 0 amide bonds. The zero-order valence-electron chi connectivity index (χ0n) is 15.8. The molecule has 130 valence electrons. The number of alkyl halides is 1. The van der Waals surface area contributed by atoms with Crippen LogP contribution in [0.25, 0.3) is 0 Å². The largest absolute Gasteiger partial charge is 0.392 e. The van der Waals surface area contributed by atoms with Crippen molar-refractivity contribution < 1.29 is 9.16 Å². The van der Waals surface area contributed by atoms with Gasteiger partial charge < -0.3 is 9.16 Å². The van der Waals surface area contributed by atoms with Gasteiger partial charge in [0.1, 0.15) is 0 Å². The summed E-state index contributed by atoms with van der Waals surface area (Å²) < 4.78 is 13.6. The SMILES string of the molecule is C=CC(C)(CCC=C(C)C)O[C@@H](CI)O[Si](C)(C)C(C)(C)C. The van der Waals surface area contributed by atoms with Gasteiger partial charge in [-0.15, -0.1) is 6.58 Å². The molecule has 0 aliphatic heterocycles. The van der Waals surface area contributed by atoms with E-state index in [1.54, 1.807) is 0 Å². The molecular weight excluding hydrogens is 403 g/mol. The van der Waals surface area contributed by atoms with Gasteiger partial charge in [-0.05, 0) is 51.7 Å². The molecule has 0 aromatic heterocycles. The molecule has 0 aliphatic carbocycles. The fourth-order valence-corrected chi connectivity index (χ4v) is 3.59. The molecule has 0 heterocycles. The zero-order chi connectivity index (χ0) is 17.6. The molecule has 22 heavy (non-hydrogen) atoms. The van der Waals surface area contributed by atoms with Crippen LogP contribution in [0.2, 0.25) is 18.1 Å². The van der Waals surface area contributed by atoms with Crippen LogP contribution >= 0.6 is 22.6 Å². The van der Waals surface area contributed by atoms with Gasteiger partial charge in [0, 0.05) is 4.43 Å². The number of rotatable bonds is 9. The predicted molar refractivity (Wildman–Crippen MR) is 109 cm³/mol. The Hall–Kier alpha value is 0.347. The Bertz CT molecular complexity index is 381. The summed E-state index contributed by atoms with van der Waals surface area (Å²) in [4.78, 5) is 0. The van der Waals surface area contributed by atoms with E-state index in [1.807, 2.05) is 6.08 Å². The van der Waals surface area contributed by atoms with Crippen molar-refractivity contribution in [1.82, 2.24) is 0 Å². The molecule has 2 nitrogen and oxygen atoms in total. The quantitative estimate of drug-likeness (QED) is 0.135. The molecule has 4 heteroatoms.